The number of nitrogens with two attached hydrogens (primary N) is 1. The van der Waals surface area contributed by atoms with E-state index < -0.39 is 15.9 Å². The number of hydrogen-bond donors (Lipinski definition) is 3. The number of primary sulfonamides is 1. The maximum atomic E-state index is 12.0. The normalized spacial score (nSPS) is 11.5. The van der Waals surface area contributed by atoms with E-state index in [-0.39, 0.29) is 34.4 Å². The lowest BCUT2D eigenvalue weighted by atomic mass is 10.1. The average molecular weight is 519 g/mol. The van der Waals surface area contributed by atoms with E-state index in [4.69, 9.17) is 25.9 Å². The molecule has 0 unspecified atom stereocenters. The van der Waals surface area contributed by atoms with Crippen molar-refractivity contribution >= 4 is 27.5 Å². The van der Waals surface area contributed by atoms with Gasteiger partial charge in [-0.2, -0.15) is 0 Å². The van der Waals surface area contributed by atoms with E-state index in [1.165, 1.54) is 38.4 Å². The second kappa shape index (κ2) is 9.46. The molecule has 2 aromatic carbocycles. The van der Waals surface area contributed by atoms with Crippen LogP contribution in [0.25, 0.3) is 34.2 Å². The van der Waals surface area contributed by atoms with Crippen molar-refractivity contribution in [1.82, 2.24) is 25.5 Å². The molecule has 0 aliphatic rings. The van der Waals surface area contributed by atoms with Gasteiger partial charge in [-0.3, -0.25) is 15.1 Å². The first-order valence-corrected chi connectivity index (χ1v) is 11.8. The molecule has 4 N–H and O–H groups in total. The Bertz CT molecular complexity index is 1500. The van der Waals surface area contributed by atoms with E-state index in [1.807, 2.05) is 0 Å². The number of aromatic nitrogens is 4. The summed E-state index contributed by atoms with van der Waals surface area (Å²) in [7, 11) is -1.20. The molecule has 182 valence electrons. The highest BCUT2D eigenvalue weighted by Gasteiger charge is 2.24. The molecule has 2 aromatic heterocycles. The van der Waals surface area contributed by atoms with Crippen LogP contribution in [0.2, 0.25) is 5.02 Å². The van der Waals surface area contributed by atoms with Crippen LogP contribution in [0.15, 0.2) is 51.8 Å². The predicted octanol–water partition coefficient (Wildman–Crippen LogP) is 2.49. The molecule has 35 heavy (non-hydrogen) atoms. The highest BCUT2D eigenvalue weighted by molar-refractivity contribution is 7.89. The fraction of sp³-hybridized carbons (Fsp3) is 0.143. The minimum Gasteiger partial charge on any atom is -0.495 e. The molecule has 0 fully saturated rings. The van der Waals surface area contributed by atoms with Gasteiger partial charge in [0.25, 0.3) is 5.91 Å². The minimum absolute atomic E-state index is 0.0610. The number of rotatable bonds is 7. The van der Waals surface area contributed by atoms with Gasteiger partial charge in [0.2, 0.25) is 15.9 Å². The van der Waals surface area contributed by atoms with E-state index in [2.05, 4.69) is 20.4 Å². The topological polar surface area (TPSA) is 178 Å². The molecule has 0 spiro atoms. The Labute approximate surface area is 204 Å². The van der Waals surface area contributed by atoms with Crippen LogP contribution in [0.4, 0.5) is 0 Å². The molecule has 14 heteroatoms. The van der Waals surface area contributed by atoms with Crippen LogP contribution in [0.5, 0.6) is 5.75 Å². The fourth-order valence-electron chi connectivity index (χ4n) is 3.23. The minimum atomic E-state index is -3.89. The number of carbonyl (C=O) groups excluding carboxylic acids is 1. The second-order valence-corrected chi connectivity index (χ2v) is 9.31. The smallest absolute Gasteiger partial charge is 0.251 e. The van der Waals surface area contributed by atoms with Gasteiger partial charge in [0, 0.05) is 18.2 Å². The highest BCUT2D eigenvalue weighted by atomic mass is 35.5. The highest BCUT2D eigenvalue weighted by Crippen LogP contribution is 2.38. The zero-order valence-electron chi connectivity index (χ0n) is 18.4. The second-order valence-electron chi connectivity index (χ2n) is 7.34. The summed E-state index contributed by atoms with van der Waals surface area (Å²) in [5.41, 5.74) is 1.88. The van der Waals surface area contributed by atoms with E-state index in [0.717, 1.165) is 0 Å². The summed E-state index contributed by atoms with van der Waals surface area (Å²) in [6.07, 6.45) is -0.261. The number of carbonyl (C=O) groups is 1. The van der Waals surface area contributed by atoms with Crippen LogP contribution in [0, 0.1) is 0 Å². The summed E-state index contributed by atoms with van der Waals surface area (Å²) in [5, 5.41) is 25.6. The number of likely N-dealkylation sites (N-methyl/N-ethyl adjacent to an activating group) is 1. The Kier molecular flexibility index (Phi) is 6.58. The largest absolute Gasteiger partial charge is 0.495 e. The number of hydrogen-bond acceptors (Lipinski definition) is 9. The summed E-state index contributed by atoms with van der Waals surface area (Å²) in [5.74, 6) is 0.191. The Morgan fingerprint density at radius 1 is 1.23 bits per heavy atom. The van der Waals surface area contributed by atoms with Gasteiger partial charge in [-0.25, -0.2) is 23.6 Å². The van der Waals surface area contributed by atoms with Gasteiger partial charge in [0.05, 0.1) is 23.4 Å². The number of aromatic amines is 1. The molecule has 0 atom stereocenters. The lowest BCUT2D eigenvalue weighted by Crippen LogP contribution is -2.24. The number of nitrogens with zero attached hydrogens (tertiary/aromatic N) is 4. The molecule has 2 heterocycles. The number of amides is 1. The van der Waals surface area contributed by atoms with Crippen LogP contribution in [-0.4, -0.2) is 59.1 Å². The third-order valence-electron chi connectivity index (χ3n) is 5.01. The van der Waals surface area contributed by atoms with E-state index >= 15 is 0 Å². The summed E-state index contributed by atoms with van der Waals surface area (Å²) in [4.78, 5) is 16.5. The molecule has 0 aliphatic heterocycles. The van der Waals surface area contributed by atoms with Crippen molar-refractivity contribution in [1.29, 1.82) is 0 Å². The zero-order valence-corrected chi connectivity index (χ0v) is 20.0. The standard InChI is InChI=1S/C21H19ClN6O6S/c1-28(30)17(29)10-15-19(26-27-25-15)21-24-18(12-5-8-16(33-2)14(22)9-12)20(34-21)11-3-6-13(7-4-11)35(23,31)32/h3-9,30H,10H2,1-2H3,(H2,23,31,32)(H,25,26,27). The van der Waals surface area contributed by atoms with Gasteiger partial charge in [0.15, 0.2) is 5.76 Å². The first-order valence-electron chi connectivity index (χ1n) is 9.92. The van der Waals surface area contributed by atoms with Crippen LogP contribution in [-0.2, 0) is 21.2 Å². The van der Waals surface area contributed by atoms with Crippen molar-refractivity contribution in [3.63, 3.8) is 0 Å². The number of oxazole rings is 1. The SMILES string of the molecule is COc1ccc(-c2nc(-c3[nH]nnc3CC(=O)N(C)O)oc2-c2ccc(S(N)(=O)=O)cc2)cc1Cl. The number of ether oxygens (including phenoxy) is 1. The van der Waals surface area contributed by atoms with Gasteiger partial charge in [0.1, 0.15) is 22.8 Å². The maximum absolute atomic E-state index is 12.0. The van der Waals surface area contributed by atoms with Gasteiger partial charge in [-0.05, 0) is 42.5 Å². The van der Waals surface area contributed by atoms with Crippen molar-refractivity contribution in [2.45, 2.75) is 11.3 Å². The first-order chi connectivity index (χ1) is 16.6. The Hall–Kier alpha value is -3.78. The molecule has 0 saturated carbocycles. The molecule has 4 rings (SSSR count). The molecule has 4 aromatic rings. The van der Waals surface area contributed by atoms with Crippen molar-refractivity contribution in [3.8, 4) is 39.9 Å². The monoisotopic (exact) mass is 518 g/mol. The number of hydroxylamine groups is 2. The molecule has 0 aliphatic carbocycles. The van der Waals surface area contributed by atoms with E-state index in [0.29, 0.717) is 32.7 Å². The summed E-state index contributed by atoms with van der Waals surface area (Å²) < 4.78 is 34.5. The number of H-pyrrole nitrogens is 1. The molecule has 0 saturated heterocycles. The number of halogens is 1. The number of benzene rings is 2. The van der Waals surface area contributed by atoms with Crippen LogP contribution in [0.1, 0.15) is 5.69 Å². The van der Waals surface area contributed by atoms with E-state index in [9.17, 15) is 18.4 Å². The van der Waals surface area contributed by atoms with Crippen molar-refractivity contribution in [3.05, 3.63) is 53.2 Å². The Morgan fingerprint density at radius 2 is 1.91 bits per heavy atom. The first kappa shape index (κ1) is 24.3. The molecule has 12 nitrogen and oxygen atoms in total. The lowest BCUT2D eigenvalue weighted by molar-refractivity contribution is -0.158. The summed E-state index contributed by atoms with van der Waals surface area (Å²) in [6, 6.07) is 10.8. The summed E-state index contributed by atoms with van der Waals surface area (Å²) >= 11 is 6.31. The van der Waals surface area contributed by atoms with Crippen LogP contribution in [0.3, 0.4) is 0 Å². The van der Waals surface area contributed by atoms with Gasteiger partial charge in [-0.15, -0.1) is 5.10 Å². The number of sulfonamides is 1. The average Bonchev–Trinajstić information content (AvgIpc) is 3.45. The lowest BCUT2D eigenvalue weighted by Gasteiger charge is -2.06. The molecule has 0 bridgehead atoms. The number of nitrogens with one attached hydrogen (secondary N) is 1. The molecule has 0 radical (unpaired) electrons. The van der Waals surface area contributed by atoms with Crippen LogP contribution >= 0.6 is 11.6 Å². The zero-order chi connectivity index (χ0) is 25.3. The van der Waals surface area contributed by atoms with Crippen molar-refractivity contribution in [2.24, 2.45) is 5.14 Å². The third kappa shape index (κ3) is 5.02. The predicted molar refractivity (Wildman–Crippen MR) is 124 cm³/mol. The van der Waals surface area contributed by atoms with Crippen molar-refractivity contribution in [2.75, 3.05) is 14.2 Å². The Balaban J connectivity index is 1.85. The summed E-state index contributed by atoms with van der Waals surface area (Å²) in [6.45, 7) is 0. The third-order valence-corrected chi connectivity index (χ3v) is 6.24. The van der Waals surface area contributed by atoms with Gasteiger partial charge in [-0.1, -0.05) is 16.8 Å². The quantitative estimate of drug-likeness (QED) is 0.245. The maximum Gasteiger partial charge on any atom is 0.251 e. The van der Waals surface area contributed by atoms with Gasteiger partial charge >= 0.3 is 0 Å². The van der Waals surface area contributed by atoms with Crippen LogP contribution < -0.4 is 9.88 Å². The van der Waals surface area contributed by atoms with Crippen molar-refractivity contribution < 1.29 is 27.6 Å². The number of methoxy groups -OCH3 is 1. The fourth-order valence-corrected chi connectivity index (χ4v) is 4.00. The Morgan fingerprint density at radius 3 is 2.51 bits per heavy atom. The molecule has 1 amide bonds. The molecular formula is C21H19ClN6O6S. The van der Waals surface area contributed by atoms with E-state index in [1.54, 1.807) is 18.2 Å². The molecular weight excluding hydrogens is 500 g/mol. The van der Waals surface area contributed by atoms with Gasteiger partial charge < -0.3 is 9.15 Å².